The topological polar surface area (TPSA) is 54.0 Å². The van der Waals surface area contributed by atoms with Crippen molar-refractivity contribution in [1.29, 1.82) is 0 Å². The lowest BCUT2D eigenvalue weighted by Crippen LogP contribution is -2.40. The van der Waals surface area contributed by atoms with Gasteiger partial charge in [-0.05, 0) is 56.1 Å². The van der Waals surface area contributed by atoms with E-state index in [0.29, 0.717) is 11.6 Å². The van der Waals surface area contributed by atoms with E-state index in [4.69, 9.17) is 0 Å². The molecule has 1 aromatic heterocycles. The zero-order valence-electron chi connectivity index (χ0n) is 12.2. The molecular weight excluding hydrogens is 250 g/mol. The molecule has 2 aliphatic rings. The minimum absolute atomic E-state index is 0.0528. The molecule has 1 aromatic rings. The van der Waals surface area contributed by atoms with Gasteiger partial charge in [-0.25, -0.2) is 4.98 Å². The van der Waals surface area contributed by atoms with E-state index in [1.54, 1.807) is 12.3 Å². The van der Waals surface area contributed by atoms with Crippen LogP contribution in [0.3, 0.4) is 0 Å². The molecule has 3 rings (SSSR count). The Morgan fingerprint density at radius 2 is 2.20 bits per heavy atom. The number of nitrogens with one attached hydrogen (secondary N) is 2. The highest BCUT2D eigenvalue weighted by Crippen LogP contribution is 2.49. The fourth-order valence-electron chi connectivity index (χ4n) is 3.97. The van der Waals surface area contributed by atoms with Crippen LogP contribution in [0.25, 0.3) is 0 Å². The summed E-state index contributed by atoms with van der Waals surface area (Å²) in [6.07, 6.45) is 7.11. The van der Waals surface area contributed by atoms with Crippen molar-refractivity contribution in [3.63, 3.8) is 0 Å². The van der Waals surface area contributed by atoms with E-state index < -0.39 is 0 Å². The molecule has 2 bridgehead atoms. The molecule has 2 N–H and O–H groups in total. The Morgan fingerprint density at radius 3 is 2.75 bits per heavy atom. The SMILES string of the molecule is CNc1ccc(C(=O)NC(C)C2CC3CCC2C3)nc1. The fraction of sp³-hybridized carbons (Fsp3) is 0.625. The van der Waals surface area contributed by atoms with Crippen molar-refractivity contribution in [2.45, 2.75) is 38.6 Å². The van der Waals surface area contributed by atoms with Gasteiger partial charge in [-0.2, -0.15) is 0 Å². The lowest BCUT2D eigenvalue weighted by molar-refractivity contribution is 0.0910. The van der Waals surface area contributed by atoms with Crippen LogP contribution in [0.5, 0.6) is 0 Å². The first-order chi connectivity index (χ1) is 9.67. The average Bonchev–Trinajstić information content (AvgIpc) is 3.10. The zero-order valence-corrected chi connectivity index (χ0v) is 12.2. The zero-order chi connectivity index (χ0) is 14.1. The summed E-state index contributed by atoms with van der Waals surface area (Å²) in [6, 6.07) is 3.90. The standard InChI is InChI=1S/C16H23N3O/c1-10(14-8-11-3-4-12(14)7-11)19-16(20)15-6-5-13(17-2)9-18-15/h5-6,9-12,14,17H,3-4,7-8H2,1-2H3,(H,19,20). The molecule has 4 unspecified atom stereocenters. The number of carbonyl (C=O) groups is 1. The monoisotopic (exact) mass is 273 g/mol. The van der Waals surface area contributed by atoms with Crippen LogP contribution in [-0.2, 0) is 0 Å². The Hall–Kier alpha value is -1.58. The van der Waals surface area contributed by atoms with Gasteiger partial charge in [0.15, 0.2) is 0 Å². The highest BCUT2D eigenvalue weighted by Gasteiger charge is 2.42. The third-order valence-electron chi connectivity index (χ3n) is 5.08. The number of anilines is 1. The number of hydrogen-bond donors (Lipinski definition) is 2. The van der Waals surface area contributed by atoms with E-state index >= 15 is 0 Å². The number of hydrogen-bond acceptors (Lipinski definition) is 3. The predicted molar refractivity (Wildman–Crippen MR) is 79.6 cm³/mol. The van der Waals surface area contributed by atoms with Crippen LogP contribution in [0.2, 0.25) is 0 Å². The third kappa shape index (κ3) is 2.51. The summed E-state index contributed by atoms with van der Waals surface area (Å²) in [5.41, 5.74) is 1.42. The fourth-order valence-corrected chi connectivity index (χ4v) is 3.97. The van der Waals surface area contributed by atoms with Gasteiger partial charge in [-0.15, -0.1) is 0 Å². The maximum atomic E-state index is 12.2. The van der Waals surface area contributed by atoms with Gasteiger partial charge in [0.25, 0.3) is 5.91 Å². The molecule has 0 saturated heterocycles. The Labute approximate surface area is 120 Å². The summed E-state index contributed by atoms with van der Waals surface area (Å²) < 4.78 is 0. The van der Waals surface area contributed by atoms with Crippen molar-refractivity contribution < 1.29 is 4.79 Å². The molecule has 0 spiro atoms. The second-order valence-corrected chi connectivity index (χ2v) is 6.28. The molecule has 108 valence electrons. The summed E-state index contributed by atoms with van der Waals surface area (Å²) in [7, 11) is 1.84. The molecule has 2 fully saturated rings. The van der Waals surface area contributed by atoms with Gasteiger partial charge in [0.1, 0.15) is 5.69 Å². The molecule has 2 aliphatic carbocycles. The highest BCUT2D eigenvalue weighted by atomic mass is 16.1. The summed E-state index contributed by atoms with van der Waals surface area (Å²) in [4.78, 5) is 16.4. The molecule has 4 heteroatoms. The Balaban J connectivity index is 1.60. The largest absolute Gasteiger partial charge is 0.387 e. The van der Waals surface area contributed by atoms with E-state index in [9.17, 15) is 4.79 Å². The van der Waals surface area contributed by atoms with Crippen LogP contribution in [0, 0.1) is 17.8 Å². The quantitative estimate of drug-likeness (QED) is 0.887. The molecule has 2 saturated carbocycles. The van der Waals surface area contributed by atoms with Crippen LogP contribution >= 0.6 is 0 Å². The van der Waals surface area contributed by atoms with Crippen molar-refractivity contribution in [3.8, 4) is 0 Å². The highest BCUT2D eigenvalue weighted by molar-refractivity contribution is 5.92. The molecule has 1 amide bonds. The Bertz CT molecular complexity index is 485. The summed E-state index contributed by atoms with van der Waals surface area (Å²) in [5, 5.41) is 6.14. The molecule has 4 atom stereocenters. The third-order valence-corrected chi connectivity index (χ3v) is 5.08. The number of carbonyl (C=O) groups excluding carboxylic acids is 1. The van der Waals surface area contributed by atoms with Gasteiger partial charge in [0, 0.05) is 13.1 Å². The minimum atomic E-state index is -0.0528. The maximum Gasteiger partial charge on any atom is 0.270 e. The van der Waals surface area contributed by atoms with Gasteiger partial charge in [-0.3, -0.25) is 4.79 Å². The number of aromatic nitrogens is 1. The van der Waals surface area contributed by atoms with Gasteiger partial charge < -0.3 is 10.6 Å². The molecular formula is C16H23N3O. The van der Waals surface area contributed by atoms with Crippen molar-refractivity contribution in [3.05, 3.63) is 24.0 Å². The van der Waals surface area contributed by atoms with Crippen LogP contribution in [0.4, 0.5) is 5.69 Å². The lowest BCUT2D eigenvalue weighted by atomic mass is 9.84. The van der Waals surface area contributed by atoms with Crippen LogP contribution in [-0.4, -0.2) is 24.0 Å². The Morgan fingerprint density at radius 1 is 1.35 bits per heavy atom. The van der Waals surface area contributed by atoms with Gasteiger partial charge in [0.05, 0.1) is 11.9 Å². The predicted octanol–water partition coefficient (Wildman–Crippen LogP) is 2.68. The molecule has 0 aromatic carbocycles. The van der Waals surface area contributed by atoms with Crippen LogP contribution in [0.15, 0.2) is 18.3 Å². The van der Waals surface area contributed by atoms with E-state index in [2.05, 4.69) is 22.5 Å². The van der Waals surface area contributed by atoms with Gasteiger partial charge in [-0.1, -0.05) is 6.42 Å². The lowest BCUT2D eigenvalue weighted by Gasteiger charge is -2.28. The van der Waals surface area contributed by atoms with E-state index in [0.717, 1.165) is 17.5 Å². The van der Waals surface area contributed by atoms with Crippen molar-refractivity contribution >= 4 is 11.6 Å². The second kappa shape index (κ2) is 5.43. The molecule has 20 heavy (non-hydrogen) atoms. The van der Waals surface area contributed by atoms with Crippen molar-refractivity contribution in [2.24, 2.45) is 17.8 Å². The summed E-state index contributed by atoms with van der Waals surface area (Å²) in [5.74, 6) is 2.35. The number of rotatable bonds is 4. The number of nitrogens with zero attached hydrogens (tertiary/aromatic N) is 1. The summed E-state index contributed by atoms with van der Waals surface area (Å²) >= 11 is 0. The smallest absolute Gasteiger partial charge is 0.270 e. The van der Waals surface area contributed by atoms with Crippen LogP contribution in [0.1, 0.15) is 43.1 Å². The number of pyridine rings is 1. The number of fused-ring (bicyclic) bond motifs is 2. The minimum Gasteiger partial charge on any atom is -0.387 e. The van der Waals surface area contributed by atoms with Gasteiger partial charge in [0.2, 0.25) is 0 Å². The van der Waals surface area contributed by atoms with Crippen molar-refractivity contribution in [1.82, 2.24) is 10.3 Å². The maximum absolute atomic E-state index is 12.2. The first-order valence-corrected chi connectivity index (χ1v) is 7.62. The van der Waals surface area contributed by atoms with Crippen molar-refractivity contribution in [2.75, 3.05) is 12.4 Å². The first-order valence-electron chi connectivity index (χ1n) is 7.62. The molecule has 0 radical (unpaired) electrons. The average molecular weight is 273 g/mol. The van der Waals surface area contributed by atoms with Gasteiger partial charge >= 0.3 is 0 Å². The molecule has 0 aliphatic heterocycles. The van der Waals surface area contributed by atoms with E-state index in [-0.39, 0.29) is 11.9 Å². The molecule has 1 heterocycles. The summed E-state index contributed by atoms with van der Waals surface area (Å²) in [6.45, 7) is 2.14. The Kier molecular flexibility index (Phi) is 3.64. The van der Waals surface area contributed by atoms with E-state index in [1.807, 2.05) is 13.1 Å². The first kappa shape index (κ1) is 13.4. The molecule has 4 nitrogen and oxygen atoms in total. The van der Waals surface area contributed by atoms with E-state index in [1.165, 1.54) is 25.7 Å². The van der Waals surface area contributed by atoms with Crippen LogP contribution < -0.4 is 10.6 Å². The number of amides is 1. The second-order valence-electron chi connectivity index (χ2n) is 6.28. The normalized spacial score (nSPS) is 29.2.